The van der Waals surface area contributed by atoms with Gasteiger partial charge in [-0.1, -0.05) is 39.7 Å². The van der Waals surface area contributed by atoms with Gasteiger partial charge in [0, 0.05) is 9.50 Å². The zero-order chi connectivity index (χ0) is 14.7. The third-order valence-electron chi connectivity index (χ3n) is 3.26. The summed E-state index contributed by atoms with van der Waals surface area (Å²) >= 11 is 9.42. The van der Waals surface area contributed by atoms with Crippen molar-refractivity contribution in [2.45, 2.75) is 19.4 Å². The van der Waals surface area contributed by atoms with Crippen LogP contribution in [0.3, 0.4) is 0 Å². The molecule has 5 heteroatoms. The van der Waals surface area contributed by atoms with E-state index in [2.05, 4.69) is 21.4 Å². The molecule has 1 unspecified atom stereocenters. The third-order valence-corrected chi connectivity index (χ3v) is 4.23. The summed E-state index contributed by atoms with van der Waals surface area (Å²) in [5.74, 6) is 5.40. The maximum atomic E-state index is 13.1. The molecule has 0 aromatic heterocycles. The van der Waals surface area contributed by atoms with Crippen LogP contribution in [0.5, 0.6) is 0 Å². The van der Waals surface area contributed by atoms with Gasteiger partial charge in [0.15, 0.2) is 0 Å². The zero-order valence-electron chi connectivity index (χ0n) is 11.0. The zero-order valence-corrected chi connectivity index (χ0v) is 13.3. The van der Waals surface area contributed by atoms with Gasteiger partial charge in [-0.2, -0.15) is 0 Å². The molecule has 1 atom stereocenters. The molecular weight excluding hydrogens is 343 g/mol. The maximum absolute atomic E-state index is 13.1. The van der Waals surface area contributed by atoms with E-state index in [1.54, 1.807) is 6.07 Å². The first-order valence-electron chi connectivity index (χ1n) is 6.17. The van der Waals surface area contributed by atoms with Crippen LogP contribution in [0.25, 0.3) is 0 Å². The highest BCUT2D eigenvalue weighted by Crippen LogP contribution is 2.27. The molecule has 106 valence electrons. The topological polar surface area (TPSA) is 38.0 Å². The molecule has 0 aliphatic carbocycles. The summed E-state index contributed by atoms with van der Waals surface area (Å²) < 4.78 is 13.9. The average Bonchev–Trinajstić information content (AvgIpc) is 2.41. The van der Waals surface area contributed by atoms with Crippen LogP contribution in [-0.4, -0.2) is 0 Å². The Balaban J connectivity index is 2.31. The van der Waals surface area contributed by atoms with Crippen molar-refractivity contribution in [3.63, 3.8) is 0 Å². The number of nitrogens with one attached hydrogen (secondary N) is 1. The Kier molecular flexibility index (Phi) is 5.16. The van der Waals surface area contributed by atoms with Gasteiger partial charge in [-0.15, -0.1) is 0 Å². The molecule has 0 spiro atoms. The molecule has 0 radical (unpaired) electrons. The number of hydrogen-bond acceptors (Lipinski definition) is 2. The fraction of sp³-hybridized carbons (Fsp3) is 0.200. The Morgan fingerprint density at radius 1 is 1.30 bits per heavy atom. The second-order valence-electron chi connectivity index (χ2n) is 4.66. The SMILES string of the molecule is Cc1ccc(Cl)cc1C(Cc1ccc(F)cc1Br)NN. The first kappa shape index (κ1) is 15.4. The van der Waals surface area contributed by atoms with E-state index < -0.39 is 0 Å². The molecule has 2 rings (SSSR count). The summed E-state index contributed by atoms with van der Waals surface area (Å²) in [4.78, 5) is 0. The van der Waals surface area contributed by atoms with Gasteiger partial charge in [0.05, 0.1) is 6.04 Å². The number of benzene rings is 2. The number of nitrogens with two attached hydrogens (primary N) is 1. The van der Waals surface area contributed by atoms with Gasteiger partial charge in [0.1, 0.15) is 5.82 Å². The van der Waals surface area contributed by atoms with Crippen molar-refractivity contribution in [2.24, 2.45) is 5.84 Å². The van der Waals surface area contributed by atoms with Gasteiger partial charge >= 0.3 is 0 Å². The minimum Gasteiger partial charge on any atom is -0.271 e. The number of hydrazine groups is 1. The van der Waals surface area contributed by atoms with Crippen molar-refractivity contribution in [3.8, 4) is 0 Å². The molecule has 0 saturated heterocycles. The lowest BCUT2D eigenvalue weighted by Gasteiger charge is -2.19. The predicted octanol–water partition coefficient (Wildman–Crippen LogP) is 4.30. The second kappa shape index (κ2) is 6.68. The van der Waals surface area contributed by atoms with E-state index in [1.165, 1.54) is 12.1 Å². The second-order valence-corrected chi connectivity index (χ2v) is 5.95. The van der Waals surface area contributed by atoms with Gasteiger partial charge < -0.3 is 0 Å². The summed E-state index contributed by atoms with van der Waals surface area (Å²) in [6, 6.07) is 10.3. The smallest absolute Gasteiger partial charge is 0.124 e. The van der Waals surface area contributed by atoms with Crippen molar-refractivity contribution in [1.29, 1.82) is 0 Å². The molecule has 0 bridgehead atoms. The molecule has 2 aromatic rings. The minimum absolute atomic E-state index is 0.0875. The van der Waals surface area contributed by atoms with Gasteiger partial charge in [0.2, 0.25) is 0 Å². The molecule has 2 nitrogen and oxygen atoms in total. The predicted molar refractivity (Wildman–Crippen MR) is 84.1 cm³/mol. The molecule has 3 N–H and O–H groups in total. The molecular formula is C15H15BrClFN2. The normalized spacial score (nSPS) is 12.4. The standard InChI is InChI=1S/C15H15BrClFN2/c1-9-2-4-11(17)7-13(9)15(20-19)6-10-3-5-12(18)8-14(10)16/h2-5,7-8,15,20H,6,19H2,1H3. The Labute approximate surface area is 131 Å². The Morgan fingerprint density at radius 3 is 2.70 bits per heavy atom. The number of hydrogen-bond donors (Lipinski definition) is 2. The summed E-state index contributed by atoms with van der Waals surface area (Å²) in [6.45, 7) is 2.01. The van der Waals surface area contributed by atoms with Crippen LogP contribution in [-0.2, 0) is 6.42 Å². The Morgan fingerprint density at radius 2 is 2.05 bits per heavy atom. The van der Waals surface area contributed by atoms with Gasteiger partial charge in [-0.3, -0.25) is 11.3 Å². The summed E-state index contributed by atoms with van der Waals surface area (Å²) in [5, 5.41) is 0.670. The first-order chi connectivity index (χ1) is 9.51. The Hall–Kier alpha value is -0.940. The van der Waals surface area contributed by atoms with Crippen LogP contribution in [0.1, 0.15) is 22.7 Å². The Bertz CT molecular complexity index is 619. The van der Waals surface area contributed by atoms with E-state index in [9.17, 15) is 4.39 Å². The molecule has 0 amide bonds. The average molecular weight is 358 g/mol. The highest BCUT2D eigenvalue weighted by molar-refractivity contribution is 9.10. The minimum atomic E-state index is -0.267. The fourth-order valence-corrected chi connectivity index (χ4v) is 2.85. The van der Waals surface area contributed by atoms with Crippen LogP contribution < -0.4 is 11.3 Å². The third kappa shape index (κ3) is 3.58. The molecule has 2 aromatic carbocycles. The molecule has 0 aliphatic heterocycles. The number of aryl methyl sites for hydroxylation is 1. The lowest BCUT2D eigenvalue weighted by atomic mass is 9.96. The summed E-state index contributed by atoms with van der Waals surface area (Å²) in [5.41, 5.74) is 5.93. The highest BCUT2D eigenvalue weighted by atomic mass is 79.9. The molecule has 0 fully saturated rings. The van der Waals surface area contributed by atoms with Gasteiger partial charge in [-0.05, 0) is 54.3 Å². The van der Waals surface area contributed by atoms with Crippen LogP contribution in [0.2, 0.25) is 5.02 Å². The van der Waals surface area contributed by atoms with Crippen molar-refractivity contribution in [3.05, 3.63) is 68.4 Å². The quantitative estimate of drug-likeness (QED) is 0.632. The number of halogens is 3. The first-order valence-corrected chi connectivity index (χ1v) is 7.34. The summed E-state index contributed by atoms with van der Waals surface area (Å²) in [7, 11) is 0. The lowest BCUT2D eigenvalue weighted by molar-refractivity contribution is 0.547. The van der Waals surface area contributed by atoms with Crippen molar-refractivity contribution >= 4 is 27.5 Å². The van der Waals surface area contributed by atoms with Crippen molar-refractivity contribution < 1.29 is 4.39 Å². The van der Waals surface area contributed by atoms with E-state index in [4.69, 9.17) is 17.4 Å². The monoisotopic (exact) mass is 356 g/mol. The van der Waals surface area contributed by atoms with Crippen LogP contribution in [0.4, 0.5) is 4.39 Å². The molecule has 0 aliphatic rings. The van der Waals surface area contributed by atoms with E-state index in [0.717, 1.165) is 21.2 Å². The van der Waals surface area contributed by atoms with Crippen LogP contribution in [0, 0.1) is 12.7 Å². The number of rotatable bonds is 4. The molecule has 0 saturated carbocycles. The fourth-order valence-electron chi connectivity index (χ4n) is 2.15. The molecule has 20 heavy (non-hydrogen) atoms. The van der Waals surface area contributed by atoms with Crippen molar-refractivity contribution in [1.82, 2.24) is 5.43 Å². The molecule has 0 heterocycles. The van der Waals surface area contributed by atoms with E-state index in [0.29, 0.717) is 11.4 Å². The van der Waals surface area contributed by atoms with Crippen LogP contribution >= 0.6 is 27.5 Å². The summed E-state index contributed by atoms with van der Waals surface area (Å²) in [6.07, 6.45) is 0.637. The van der Waals surface area contributed by atoms with E-state index >= 15 is 0 Å². The lowest BCUT2D eigenvalue weighted by Crippen LogP contribution is -2.30. The van der Waals surface area contributed by atoms with E-state index in [-0.39, 0.29) is 11.9 Å². The van der Waals surface area contributed by atoms with Gasteiger partial charge in [0.25, 0.3) is 0 Å². The van der Waals surface area contributed by atoms with E-state index in [1.807, 2.05) is 25.1 Å². The van der Waals surface area contributed by atoms with Gasteiger partial charge in [-0.25, -0.2) is 4.39 Å². The van der Waals surface area contributed by atoms with Crippen LogP contribution in [0.15, 0.2) is 40.9 Å². The largest absolute Gasteiger partial charge is 0.271 e. The maximum Gasteiger partial charge on any atom is 0.124 e. The highest BCUT2D eigenvalue weighted by Gasteiger charge is 2.15. The van der Waals surface area contributed by atoms with Crippen molar-refractivity contribution in [2.75, 3.05) is 0 Å².